The molecule has 0 unspecified atom stereocenters. The molecule has 0 radical (unpaired) electrons. The van der Waals surface area contributed by atoms with Crippen molar-refractivity contribution in [3.05, 3.63) is 46.3 Å². The van der Waals surface area contributed by atoms with Gasteiger partial charge in [-0.3, -0.25) is 4.79 Å². The van der Waals surface area contributed by atoms with Gasteiger partial charge in [-0.15, -0.1) is 0 Å². The lowest BCUT2D eigenvalue weighted by molar-refractivity contribution is 0.102. The van der Waals surface area contributed by atoms with Gasteiger partial charge in [0.25, 0.3) is 5.91 Å². The maximum absolute atomic E-state index is 12.1. The minimum absolute atomic E-state index is 0.192. The van der Waals surface area contributed by atoms with E-state index < -0.39 is 5.91 Å². The average Bonchev–Trinajstić information content (AvgIpc) is 2.52. The van der Waals surface area contributed by atoms with Crippen molar-refractivity contribution in [3.8, 4) is 0 Å². The van der Waals surface area contributed by atoms with Crippen molar-refractivity contribution in [2.75, 3.05) is 17.2 Å². The van der Waals surface area contributed by atoms with Gasteiger partial charge in [0.15, 0.2) is 0 Å². The zero-order valence-electron chi connectivity index (χ0n) is 12.1. The predicted molar refractivity (Wildman–Crippen MR) is 89.8 cm³/mol. The molecule has 2 rings (SSSR count). The lowest BCUT2D eigenvalue weighted by atomic mass is 10.3. The SMILES string of the molecule is CCCCNc1cnc(C(=O)Nc2c(Cl)cccc2Cl)cn1. The van der Waals surface area contributed by atoms with Crippen LogP contribution in [-0.4, -0.2) is 22.4 Å². The number of rotatable bonds is 6. The Kier molecular flexibility index (Phi) is 5.98. The molecule has 0 bridgehead atoms. The second-order valence-corrected chi connectivity index (χ2v) is 5.43. The minimum Gasteiger partial charge on any atom is -0.369 e. The van der Waals surface area contributed by atoms with Crippen LogP contribution < -0.4 is 10.6 Å². The Morgan fingerprint density at radius 1 is 1.18 bits per heavy atom. The van der Waals surface area contributed by atoms with Gasteiger partial charge >= 0.3 is 0 Å². The van der Waals surface area contributed by atoms with Crippen LogP contribution in [-0.2, 0) is 0 Å². The van der Waals surface area contributed by atoms with Crippen LogP contribution in [0.5, 0.6) is 0 Å². The number of carbonyl (C=O) groups is 1. The summed E-state index contributed by atoms with van der Waals surface area (Å²) in [5.74, 6) is 0.225. The summed E-state index contributed by atoms with van der Waals surface area (Å²) in [5, 5.41) is 6.51. The molecule has 1 amide bonds. The molecule has 22 heavy (non-hydrogen) atoms. The van der Waals surface area contributed by atoms with Crippen LogP contribution in [0.15, 0.2) is 30.6 Å². The fraction of sp³-hybridized carbons (Fsp3) is 0.267. The lowest BCUT2D eigenvalue weighted by Gasteiger charge is -2.09. The summed E-state index contributed by atoms with van der Waals surface area (Å²) in [6.45, 7) is 2.94. The van der Waals surface area contributed by atoms with E-state index in [1.165, 1.54) is 12.4 Å². The molecule has 116 valence electrons. The van der Waals surface area contributed by atoms with E-state index in [4.69, 9.17) is 23.2 Å². The zero-order valence-corrected chi connectivity index (χ0v) is 13.6. The van der Waals surface area contributed by atoms with E-state index in [2.05, 4.69) is 27.5 Å². The molecule has 0 atom stereocenters. The topological polar surface area (TPSA) is 66.9 Å². The number of amides is 1. The van der Waals surface area contributed by atoms with E-state index in [-0.39, 0.29) is 5.69 Å². The Labute approximate surface area is 139 Å². The van der Waals surface area contributed by atoms with E-state index in [0.29, 0.717) is 21.6 Å². The van der Waals surface area contributed by atoms with Crippen molar-refractivity contribution in [1.82, 2.24) is 9.97 Å². The molecule has 2 aromatic rings. The summed E-state index contributed by atoms with van der Waals surface area (Å²) in [6.07, 6.45) is 5.08. The van der Waals surface area contributed by atoms with Gasteiger partial charge in [-0.2, -0.15) is 0 Å². The molecule has 1 aromatic carbocycles. The fourth-order valence-corrected chi connectivity index (χ4v) is 2.22. The average molecular weight is 339 g/mol. The van der Waals surface area contributed by atoms with Crippen molar-refractivity contribution in [3.63, 3.8) is 0 Å². The van der Waals surface area contributed by atoms with Gasteiger partial charge in [0, 0.05) is 6.54 Å². The number of anilines is 2. The number of halogens is 2. The molecule has 2 N–H and O–H groups in total. The molecule has 1 heterocycles. The van der Waals surface area contributed by atoms with Crippen LogP contribution >= 0.6 is 23.2 Å². The van der Waals surface area contributed by atoms with E-state index in [1.54, 1.807) is 18.2 Å². The molecule has 7 heteroatoms. The number of carbonyl (C=O) groups excluding carboxylic acids is 1. The van der Waals surface area contributed by atoms with E-state index in [0.717, 1.165) is 19.4 Å². The Bertz CT molecular complexity index is 626. The number of unbranched alkanes of at least 4 members (excludes halogenated alkanes) is 1. The molecule has 0 aliphatic rings. The quantitative estimate of drug-likeness (QED) is 0.772. The minimum atomic E-state index is -0.414. The highest BCUT2D eigenvalue weighted by atomic mass is 35.5. The summed E-state index contributed by atoms with van der Waals surface area (Å²) in [7, 11) is 0. The molecule has 5 nitrogen and oxygen atoms in total. The standard InChI is InChI=1S/C15H16Cl2N4O/c1-2-3-7-18-13-9-19-12(8-20-13)15(22)21-14-10(16)5-4-6-11(14)17/h4-6,8-9H,2-3,7H2,1H3,(H,18,20)(H,21,22). The molecule has 0 fully saturated rings. The molecular formula is C15H16Cl2N4O. The molecule has 0 aliphatic carbocycles. The van der Waals surface area contributed by atoms with Crippen molar-refractivity contribution in [2.45, 2.75) is 19.8 Å². The maximum Gasteiger partial charge on any atom is 0.275 e. The zero-order chi connectivity index (χ0) is 15.9. The second kappa shape index (κ2) is 7.96. The molecule has 1 aromatic heterocycles. The van der Waals surface area contributed by atoms with Crippen molar-refractivity contribution in [2.24, 2.45) is 0 Å². The van der Waals surface area contributed by atoms with Crippen LogP contribution in [0.4, 0.5) is 11.5 Å². The first-order valence-electron chi connectivity index (χ1n) is 6.93. The number of para-hydroxylation sites is 1. The van der Waals surface area contributed by atoms with Crippen LogP contribution in [0.3, 0.4) is 0 Å². The van der Waals surface area contributed by atoms with Gasteiger partial charge < -0.3 is 10.6 Å². The van der Waals surface area contributed by atoms with Crippen LogP contribution in [0.2, 0.25) is 10.0 Å². The monoisotopic (exact) mass is 338 g/mol. The van der Waals surface area contributed by atoms with Gasteiger partial charge in [-0.1, -0.05) is 42.6 Å². The summed E-state index contributed by atoms with van der Waals surface area (Å²) in [5.41, 5.74) is 0.555. The highest BCUT2D eigenvalue weighted by molar-refractivity contribution is 6.39. The van der Waals surface area contributed by atoms with Gasteiger partial charge in [0.1, 0.15) is 11.5 Å². The van der Waals surface area contributed by atoms with E-state index in [1.807, 2.05) is 0 Å². The largest absolute Gasteiger partial charge is 0.369 e. The lowest BCUT2D eigenvalue weighted by Crippen LogP contribution is -2.15. The number of nitrogens with one attached hydrogen (secondary N) is 2. The third-order valence-electron chi connectivity index (χ3n) is 2.92. The van der Waals surface area contributed by atoms with Crippen molar-refractivity contribution in [1.29, 1.82) is 0 Å². The van der Waals surface area contributed by atoms with Crippen molar-refractivity contribution < 1.29 is 4.79 Å². The highest BCUT2D eigenvalue weighted by Crippen LogP contribution is 2.30. The first-order chi connectivity index (χ1) is 10.6. The summed E-state index contributed by atoms with van der Waals surface area (Å²) in [4.78, 5) is 20.4. The van der Waals surface area contributed by atoms with Crippen LogP contribution in [0, 0.1) is 0 Å². The Hall–Kier alpha value is -1.85. The summed E-state index contributed by atoms with van der Waals surface area (Å²) < 4.78 is 0. The second-order valence-electron chi connectivity index (χ2n) is 4.62. The molecule has 0 spiro atoms. The van der Waals surface area contributed by atoms with E-state index >= 15 is 0 Å². The normalized spacial score (nSPS) is 10.3. The Balaban J connectivity index is 2.04. The van der Waals surface area contributed by atoms with Gasteiger partial charge in [-0.25, -0.2) is 9.97 Å². The third-order valence-corrected chi connectivity index (χ3v) is 3.55. The smallest absolute Gasteiger partial charge is 0.275 e. The number of hydrogen-bond donors (Lipinski definition) is 2. The number of aromatic nitrogens is 2. The molecular weight excluding hydrogens is 323 g/mol. The number of benzene rings is 1. The fourth-order valence-electron chi connectivity index (χ4n) is 1.72. The molecule has 0 saturated heterocycles. The third kappa shape index (κ3) is 4.32. The molecule has 0 aliphatic heterocycles. The number of hydrogen-bond acceptors (Lipinski definition) is 4. The number of nitrogens with zero attached hydrogens (tertiary/aromatic N) is 2. The van der Waals surface area contributed by atoms with Gasteiger partial charge in [0.2, 0.25) is 0 Å². The Morgan fingerprint density at radius 3 is 2.50 bits per heavy atom. The van der Waals surface area contributed by atoms with E-state index in [9.17, 15) is 4.79 Å². The maximum atomic E-state index is 12.1. The van der Waals surface area contributed by atoms with Crippen LogP contribution in [0.25, 0.3) is 0 Å². The predicted octanol–water partition coefficient (Wildman–Crippen LogP) is 4.25. The molecule has 0 saturated carbocycles. The first-order valence-corrected chi connectivity index (χ1v) is 7.68. The van der Waals surface area contributed by atoms with Gasteiger partial charge in [0.05, 0.1) is 28.1 Å². The summed E-state index contributed by atoms with van der Waals surface area (Å²) >= 11 is 12.0. The Morgan fingerprint density at radius 2 is 1.91 bits per heavy atom. The van der Waals surface area contributed by atoms with Gasteiger partial charge in [-0.05, 0) is 18.6 Å². The highest BCUT2D eigenvalue weighted by Gasteiger charge is 2.13. The first kappa shape index (κ1) is 16.5. The summed E-state index contributed by atoms with van der Waals surface area (Å²) in [6, 6.07) is 5.00. The van der Waals surface area contributed by atoms with Crippen molar-refractivity contribution >= 4 is 40.6 Å². The van der Waals surface area contributed by atoms with Crippen LogP contribution in [0.1, 0.15) is 30.3 Å².